The van der Waals surface area contributed by atoms with Crippen LogP contribution in [0.25, 0.3) is 0 Å². The molecule has 0 spiro atoms. The van der Waals surface area contributed by atoms with Crippen molar-refractivity contribution in [1.82, 2.24) is 0 Å². The third kappa shape index (κ3) is 7.07. The van der Waals surface area contributed by atoms with Gasteiger partial charge >= 0.3 is 0 Å². The molecule has 0 fully saturated rings. The number of benzene rings is 1. The normalized spacial score (nSPS) is 8.58. The van der Waals surface area contributed by atoms with Gasteiger partial charge < -0.3 is 9.11 Å². The molecular formula is C7H6O4S-2. The molecule has 5 heteroatoms. The predicted octanol–water partition coefficient (Wildman–Crippen LogP) is 0.495. The number of hydrogen-bond acceptors (Lipinski definition) is 4. The summed E-state index contributed by atoms with van der Waals surface area (Å²) in [6, 6.07) is 9.10. The smallest absolute Gasteiger partial charge is 0.150 e. The van der Waals surface area contributed by atoms with Gasteiger partial charge in [0.15, 0.2) is 0 Å². The molecule has 0 amide bonds. The Kier molecular flexibility index (Phi) is 6.08. The number of rotatable bonds is 1. The van der Waals surface area contributed by atoms with Gasteiger partial charge in [-0.05, 0) is 0 Å². The lowest BCUT2D eigenvalue weighted by molar-refractivity contribution is 0.112. The Hall–Kier alpha value is -1.04. The SMILES string of the molecule is O=Cc1ccccc1.O=S([O-])[O-]. The zero-order valence-corrected chi connectivity index (χ0v) is 6.82. The van der Waals surface area contributed by atoms with Gasteiger partial charge in [0.1, 0.15) is 6.29 Å². The monoisotopic (exact) mass is 186 g/mol. The lowest BCUT2D eigenvalue weighted by Gasteiger charge is -2.03. The second-order valence-electron chi connectivity index (χ2n) is 1.73. The Morgan fingerprint density at radius 3 is 1.83 bits per heavy atom. The number of carbonyl (C=O) groups excluding carboxylic acids is 1. The van der Waals surface area contributed by atoms with E-state index in [1.165, 1.54) is 0 Å². The van der Waals surface area contributed by atoms with E-state index in [1.807, 2.05) is 18.2 Å². The largest absolute Gasteiger partial charge is 0.784 e. The van der Waals surface area contributed by atoms with Crippen LogP contribution in [0.15, 0.2) is 30.3 Å². The van der Waals surface area contributed by atoms with Gasteiger partial charge in [-0.15, -0.1) is 11.4 Å². The Morgan fingerprint density at radius 2 is 1.58 bits per heavy atom. The molecule has 0 saturated carbocycles. The summed E-state index contributed by atoms with van der Waals surface area (Å²) in [4.78, 5) is 10.0. The van der Waals surface area contributed by atoms with Crippen LogP contribution < -0.4 is 0 Å². The summed E-state index contributed by atoms with van der Waals surface area (Å²) < 4.78 is 25.3. The van der Waals surface area contributed by atoms with Crippen molar-refractivity contribution in [1.29, 1.82) is 0 Å². The molecule has 0 heterocycles. The quantitative estimate of drug-likeness (QED) is 0.472. The van der Waals surface area contributed by atoms with Crippen LogP contribution in [-0.2, 0) is 11.4 Å². The van der Waals surface area contributed by atoms with Crippen LogP contribution >= 0.6 is 0 Å². The fourth-order valence-corrected chi connectivity index (χ4v) is 0.532. The highest BCUT2D eigenvalue weighted by Crippen LogP contribution is 1.91. The zero-order valence-electron chi connectivity index (χ0n) is 6.01. The maximum absolute atomic E-state index is 10.0. The van der Waals surface area contributed by atoms with Crippen molar-refractivity contribution in [2.45, 2.75) is 0 Å². The van der Waals surface area contributed by atoms with Crippen molar-refractivity contribution in [3.63, 3.8) is 0 Å². The highest BCUT2D eigenvalue weighted by atomic mass is 32.2. The van der Waals surface area contributed by atoms with E-state index in [9.17, 15) is 4.79 Å². The van der Waals surface area contributed by atoms with Gasteiger partial charge in [-0.2, -0.15) is 0 Å². The molecule has 0 bridgehead atoms. The Morgan fingerprint density at radius 1 is 1.17 bits per heavy atom. The molecule has 66 valence electrons. The van der Waals surface area contributed by atoms with Gasteiger partial charge in [0.2, 0.25) is 0 Å². The van der Waals surface area contributed by atoms with E-state index >= 15 is 0 Å². The van der Waals surface area contributed by atoms with Gasteiger partial charge in [-0.3, -0.25) is 9.00 Å². The first kappa shape index (κ1) is 11.0. The van der Waals surface area contributed by atoms with Crippen molar-refractivity contribution >= 4 is 17.6 Å². The van der Waals surface area contributed by atoms with Gasteiger partial charge in [-0.25, -0.2) is 0 Å². The number of hydrogen-bond donors (Lipinski definition) is 0. The summed E-state index contributed by atoms with van der Waals surface area (Å²) in [6.45, 7) is 0. The van der Waals surface area contributed by atoms with Crippen LogP contribution in [-0.4, -0.2) is 19.6 Å². The minimum atomic E-state index is -3.11. The van der Waals surface area contributed by atoms with Crippen LogP contribution in [0.2, 0.25) is 0 Å². The van der Waals surface area contributed by atoms with Gasteiger partial charge in [0, 0.05) is 5.56 Å². The lowest BCUT2D eigenvalue weighted by atomic mass is 10.2. The van der Waals surface area contributed by atoms with E-state index in [0.29, 0.717) is 0 Å². The molecule has 12 heavy (non-hydrogen) atoms. The maximum Gasteiger partial charge on any atom is 0.150 e. The molecule has 0 radical (unpaired) electrons. The molecule has 0 unspecified atom stereocenters. The topological polar surface area (TPSA) is 80.3 Å². The van der Waals surface area contributed by atoms with Crippen LogP contribution in [0.5, 0.6) is 0 Å². The second-order valence-corrected chi connectivity index (χ2v) is 2.14. The fourth-order valence-electron chi connectivity index (χ4n) is 0.532. The first-order valence-electron chi connectivity index (χ1n) is 2.94. The van der Waals surface area contributed by atoms with Gasteiger partial charge in [-0.1, -0.05) is 30.3 Å². The van der Waals surface area contributed by atoms with Crippen molar-refractivity contribution in [3.05, 3.63) is 35.9 Å². The zero-order chi connectivity index (χ0) is 9.40. The highest BCUT2D eigenvalue weighted by molar-refractivity contribution is 7.72. The second kappa shape index (κ2) is 6.66. The third-order valence-electron chi connectivity index (χ3n) is 0.936. The Balaban J connectivity index is 0.000000261. The summed E-state index contributed by atoms with van der Waals surface area (Å²) in [5.41, 5.74) is 0.729. The molecule has 0 aliphatic rings. The predicted molar refractivity (Wildman–Crippen MR) is 41.5 cm³/mol. The van der Waals surface area contributed by atoms with E-state index < -0.39 is 11.4 Å². The summed E-state index contributed by atoms with van der Waals surface area (Å²) in [5.74, 6) is 0. The standard InChI is InChI=1S/C7H6O.H2O3S/c8-6-7-4-2-1-3-5-7;1-4(2)3/h1-6H;(H2,1,2,3)/p-2. The van der Waals surface area contributed by atoms with Crippen molar-refractivity contribution in [2.24, 2.45) is 0 Å². The molecule has 4 nitrogen and oxygen atoms in total. The minimum absolute atomic E-state index is 0.729. The number of carbonyl (C=O) groups is 1. The van der Waals surface area contributed by atoms with Crippen LogP contribution in [0.4, 0.5) is 0 Å². The van der Waals surface area contributed by atoms with Crippen molar-refractivity contribution < 1.29 is 18.1 Å². The van der Waals surface area contributed by atoms with E-state index in [2.05, 4.69) is 0 Å². The summed E-state index contributed by atoms with van der Waals surface area (Å²) in [6.07, 6.45) is 0.833. The molecular weight excluding hydrogens is 180 g/mol. The van der Waals surface area contributed by atoms with E-state index in [-0.39, 0.29) is 0 Å². The molecule has 0 aliphatic heterocycles. The Bertz CT molecular complexity index is 243. The summed E-state index contributed by atoms with van der Waals surface area (Å²) >= 11 is -3.11. The summed E-state index contributed by atoms with van der Waals surface area (Å²) in [7, 11) is 0. The fraction of sp³-hybridized carbons (Fsp3) is 0. The highest BCUT2D eigenvalue weighted by Gasteiger charge is 1.79. The van der Waals surface area contributed by atoms with Crippen molar-refractivity contribution in [3.8, 4) is 0 Å². The molecule has 1 aromatic carbocycles. The molecule has 1 aromatic rings. The average molecular weight is 186 g/mol. The van der Waals surface area contributed by atoms with Crippen LogP contribution in [0.1, 0.15) is 10.4 Å². The Labute approximate surface area is 72.3 Å². The lowest BCUT2D eigenvalue weighted by Crippen LogP contribution is -1.76. The molecule has 0 N–H and O–H groups in total. The third-order valence-corrected chi connectivity index (χ3v) is 0.936. The number of aldehydes is 1. The first-order valence-corrected chi connectivity index (χ1v) is 3.94. The maximum atomic E-state index is 10.0. The van der Waals surface area contributed by atoms with Gasteiger partial charge in [0.05, 0.1) is 0 Å². The summed E-state index contributed by atoms with van der Waals surface area (Å²) in [5, 5.41) is 0. The van der Waals surface area contributed by atoms with E-state index in [0.717, 1.165) is 11.8 Å². The molecule has 1 rings (SSSR count). The van der Waals surface area contributed by atoms with Gasteiger partial charge in [0.25, 0.3) is 0 Å². The van der Waals surface area contributed by atoms with Crippen molar-refractivity contribution in [2.75, 3.05) is 0 Å². The van der Waals surface area contributed by atoms with Crippen LogP contribution in [0, 0.1) is 0 Å². The molecule has 0 saturated heterocycles. The average Bonchev–Trinajstić information content (AvgIpc) is 2.05. The van der Waals surface area contributed by atoms with E-state index in [1.54, 1.807) is 12.1 Å². The molecule has 0 aromatic heterocycles. The first-order chi connectivity index (χ1) is 5.66. The van der Waals surface area contributed by atoms with E-state index in [4.69, 9.17) is 13.3 Å². The molecule has 0 aliphatic carbocycles. The van der Waals surface area contributed by atoms with Crippen LogP contribution in [0.3, 0.4) is 0 Å². The molecule has 0 atom stereocenters. The minimum Gasteiger partial charge on any atom is -0.784 e.